The van der Waals surface area contributed by atoms with Crippen molar-refractivity contribution in [1.29, 1.82) is 0 Å². The number of imide groups is 2. The number of aromatic nitrogens is 2. The van der Waals surface area contributed by atoms with Crippen LogP contribution in [0.15, 0.2) is 126 Å². The molecule has 0 bridgehead atoms. The number of piperidine rings is 2. The first-order chi connectivity index (χ1) is 44.6. The number of fused-ring (bicyclic) bond motifs is 2. The molecule has 480 valence electrons. The molecule has 5 aromatic carbocycles. The molecule has 12 rings (SSSR count). The van der Waals surface area contributed by atoms with E-state index in [2.05, 4.69) is 52.2 Å². The fourth-order valence-corrected chi connectivity index (χ4v) is 14.1. The first-order valence-corrected chi connectivity index (χ1v) is 33.4. The number of anilines is 2. The predicted octanol–water partition coefficient (Wildman–Crippen LogP) is 10.2. The largest absolute Gasteiger partial charge is 0.493 e. The van der Waals surface area contributed by atoms with Gasteiger partial charge in [0.05, 0.1) is 39.3 Å². The fraction of sp³-hybridized carbons (Fsp3) is 0.382. The number of nitrogens with one attached hydrogen (secondary N) is 4. The Morgan fingerprint density at radius 1 is 0.783 bits per heavy atom. The lowest BCUT2D eigenvalue weighted by atomic mass is 9.96. The topological polar surface area (TPSA) is 268 Å². The zero-order chi connectivity index (χ0) is 63.9. The Balaban J connectivity index is 0.656. The van der Waals surface area contributed by atoms with E-state index in [4.69, 9.17) is 25.8 Å². The molecule has 7 heterocycles. The van der Waals surface area contributed by atoms with E-state index in [1.807, 2.05) is 42.5 Å². The highest BCUT2D eigenvalue weighted by Gasteiger charge is 2.45. The Hall–Kier alpha value is -8.74. The van der Waals surface area contributed by atoms with Crippen molar-refractivity contribution in [1.82, 2.24) is 34.7 Å². The van der Waals surface area contributed by atoms with Crippen molar-refractivity contribution >= 4 is 79.3 Å². The van der Waals surface area contributed by atoms with E-state index in [1.165, 1.54) is 24.4 Å². The molecule has 0 spiro atoms. The van der Waals surface area contributed by atoms with Gasteiger partial charge in [-0.05, 0) is 160 Å². The molecule has 5 aliphatic rings. The maximum absolute atomic E-state index is 14.2. The van der Waals surface area contributed by atoms with Gasteiger partial charge in [-0.1, -0.05) is 60.8 Å². The fourth-order valence-electron chi connectivity index (χ4n) is 13.0. The van der Waals surface area contributed by atoms with E-state index in [9.17, 15) is 42.5 Å². The van der Waals surface area contributed by atoms with Crippen LogP contribution in [0.4, 0.5) is 17.1 Å². The van der Waals surface area contributed by atoms with Gasteiger partial charge in [0.1, 0.15) is 34.6 Å². The van der Waals surface area contributed by atoms with Crippen LogP contribution in [0.5, 0.6) is 17.2 Å². The highest BCUT2D eigenvalue weighted by Crippen LogP contribution is 2.38. The van der Waals surface area contributed by atoms with Crippen LogP contribution >= 0.6 is 11.6 Å². The highest BCUT2D eigenvalue weighted by molar-refractivity contribution is 7.90. The van der Waals surface area contributed by atoms with E-state index in [1.54, 1.807) is 36.5 Å². The lowest BCUT2D eigenvalue weighted by Crippen LogP contribution is -2.54. The van der Waals surface area contributed by atoms with E-state index < -0.39 is 61.1 Å². The normalized spacial score (nSPS) is 17.9. The van der Waals surface area contributed by atoms with E-state index >= 15 is 0 Å². The Morgan fingerprint density at radius 3 is 2.34 bits per heavy atom. The van der Waals surface area contributed by atoms with Gasteiger partial charge in [0.15, 0.2) is 0 Å². The van der Waals surface area contributed by atoms with Crippen molar-refractivity contribution in [3.63, 3.8) is 0 Å². The summed E-state index contributed by atoms with van der Waals surface area (Å²) in [6.45, 7) is 8.42. The number of hydrogen-bond acceptors (Lipinski definition) is 17. The summed E-state index contributed by atoms with van der Waals surface area (Å²) < 4.78 is 48.5. The van der Waals surface area contributed by atoms with Gasteiger partial charge in [0.2, 0.25) is 11.8 Å². The number of nitro benzene ring substituents is 1. The van der Waals surface area contributed by atoms with E-state index in [0.29, 0.717) is 99.0 Å². The number of likely N-dealkylation sites (tertiary alicyclic amines) is 1. The molecule has 1 atom stereocenters. The van der Waals surface area contributed by atoms with Crippen molar-refractivity contribution in [3.05, 3.63) is 165 Å². The summed E-state index contributed by atoms with van der Waals surface area (Å²) in [6, 6.07) is 30.5. The molecule has 4 N–H and O–H groups in total. The molecule has 4 saturated heterocycles. The van der Waals surface area contributed by atoms with Gasteiger partial charge in [0.25, 0.3) is 33.4 Å². The van der Waals surface area contributed by atoms with Gasteiger partial charge >= 0.3 is 0 Å². The van der Waals surface area contributed by atoms with Crippen molar-refractivity contribution in [3.8, 4) is 28.4 Å². The number of carbonyl (C=O) groups is 5. The first kappa shape index (κ1) is 63.4. The van der Waals surface area contributed by atoms with Gasteiger partial charge < -0.3 is 34.3 Å². The predicted molar refractivity (Wildman–Crippen MR) is 347 cm³/mol. The van der Waals surface area contributed by atoms with Crippen molar-refractivity contribution < 1.29 is 51.5 Å². The standard InChI is InChI=1S/C68H73ClN10O12S/c69-49-14-12-46(13-15-49)53-9-6-11-60(90-43-45-23-29-75(30-24-45)28-4-2-1-3-7-47-8-5-10-55-63(47)68(84)78(67(55)83)58-20-21-62(80)73-66(58)82)56(53)42-76-31-33-77(34-32-76)50-16-18-54(61(38-50)91-51-37-48-22-27-70-64(48)72-41-51)65(81)74-92(87,88)52-17-19-57(59(39-52)79(85)86)71-40-44-25-35-89-36-26-44/h5-6,8-19,22,27,37-39,41,44-45,58,71H,1-4,7,20-21,23-26,28-36,40,42-43H2,(H,70,72)(H,74,81)(H,73,80,82). The lowest BCUT2D eigenvalue weighted by molar-refractivity contribution is -0.384. The number of nitrogens with zero attached hydrogens (tertiary/aromatic N) is 6. The molecule has 5 amide bonds. The summed E-state index contributed by atoms with van der Waals surface area (Å²) in [5.74, 6) is -1.09. The number of pyridine rings is 1. The number of piperazine rings is 1. The molecule has 0 radical (unpaired) electrons. The zero-order valence-corrected chi connectivity index (χ0v) is 52.5. The molecule has 5 aliphatic heterocycles. The second kappa shape index (κ2) is 28.4. The number of amides is 5. The summed E-state index contributed by atoms with van der Waals surface area (Å²) in [5, 5.41) is 19.0. The molecule has 0 saturated carbocycles. The van der Waals surface area contributed by atoms with Crippen molar-refractivity contribution in [2.75, 3.05) is 82.4 Å². The number of aryl methyl sites for hydroxylation is 1. The maximum atomic E-state index is 14.2. The quantitative estimate of drug-likeness (QED) is 0.0190. The van der Waals surface area contributed by atoms with Gasteiger partial charge in [-0.15, -0.1) is 0 Å². The number of ether oxygens (including phenoxy) is 3. The number of sulfonamides is 1. The number of carbonyl (C=O) groups excluding carboxylic acids is 5. The molecule has 24 heteroatoms. The average molecular weight is 1290 g/mol. The minimum Gasteiger partial charge on any atom is -0.493 e. The molecule has 92 heavy (non-hydrogen) atoms. The Bertz CT molecular complexity index is 4030. The average Bonchev–Trinajstić information content (AvgIpc) is 1.62. The SMILES string of the molecule is O=C1CCC(N2C(=O)c3cccc(CCCCCCN4CCC(COc5cccc(-c6ccc(Cl)cc6)c5CN5CCN(c6ccc(C(=O)NS(=O)(=O)c7ccc(NCC8CCOCC8)c([N+](=O)[O-])c7)c(Oc7cnc8[nH]ccc8c7)c6)CC5)CC4)c3C2=O)C(=O)N1. The van der Waals surface area contributed by atoms with Crippen LogP contribution in [0.25, 0.3) is 22.2 Å². The number of H-pyrrole nitrogens is 1. The number of aromatic amines is 1. The van der Waals surface area contributed by atoms with Crippen molar-refractivity contribution in [2.45, 2.75) is 88.1 Å². The molecule has 22 nitrogen and oxygen atoms in total. The maximum Gasteiger partial charge on any atom is 0.293 e. The Labute approximate surface area is 538 Å². The molecule has 2 aromatic heterocycles. The van der Waals surface area contributed by atoms with Gasteiger partial charge in [-0.2, -0.15) is 0 Å². The third kappa shape index (κ3) is 14.6. The zero-order valence-electron chi connectivity index (χ0n) is 50.9. The minimum absolute atomic E-state index is 0.0785. The second-order valence-electron chi connectivity index (χ2n) is 24.3. The van der Waals surface area contributed by atoms with Crippen LogP contribution in [-0.2, 0) is 37.3 Å². The van der Waals surface area contributed by atoms with Crippen LogP contribution < -0.4 is 29.7 Å². The smallest absolute Gasteiger partial charge is 0.293 e. The van der Waals surface area contributed by atoms with E-state index in [-0.39, 0.29) is 35.8 Å². The number of benzene rings is 5. The van der Waals surface area contributed by atoms with Crippen LogP contribution in [-0.4, -0.2) is 146 Å². The molecule has 1 unspecified atom stereocenters. The number of hydrogen-bond donors (Lipinski definition) is 4. The Kier molecular flexibility index (Phi) is 19.6. The molecule has 7 aromatic rings. The lowest BCUT2D eigenvalue weighted by Gasteiger charge is -2.37. The Morgan fingerprint density at radius 2 is 1.55 bits per heavy atom. The monoisotopic (exact) mass is 1290 g/mol. The van der Waals surface area contributed by atoms with Crippen LogP contribution in [0.2, 0.25) is 5.02 Å². The third-order valence-corrected chi connectivity index (χ3v) is 19.8. The number of unbranched alkanes of at least 4 members (excludes halogenated alkanes) is 3. The molecular weight excluding hydrogens is 1220 g/mol. The highest BCUT2D eigenvalue weighted by atomic mass is 35.5. The first-order valence-electron chi connectivity index (χ1n) is 31.6. The van der Waals surface area contributed by atoms with Crippen molar-refractivity contribution in [2.24, 2.45) is 11.8 Å². The summed E-state index contributed by atoms with van der Waals surface area (Å²) in [6.07, 6.45) is 11.7. The third-order valence-electron chi connectivity index (χ3n) is 18.3. The molecular formula is C68H73ClN10O12S. The summed E-state index contributed by atoms with van der Waals surface area (Å²) in [4.78, 5) is 92.2. The summed E-state index contributed by atoms with van der Waals surface area (Å²) in [5.41, 5.74) is 5.70. The van der Waals surface area contributed by atoms with Crippen LogP contribution in [0, 0.1) is 22.0 Å². The van der Waals surface area contributed by atoms with E-state index in [0.717, 1.165) is 121 Å². The van der Waals surface area contributed by atoms with Crippen LogP contribution in [0.1, 0.15) is 106 Å². The summed E-state index contributed by atoms with van der Waals surface area (Å²) in [7, 11) is -4.62. The second-order valence-corrected chi connectivity index (χ2v) is 26.4. The van der Waals surface area contributed by atoms with Crippen LogP contribution in [0.3, 0.4) is 0 Å². The van der Waals surface area contributed by atoms with Gasteiger partial charge in [0, 0.05) is 98.9 Å². The number of nitro groups is 1. The molecule has 0 aliphatic carbocycles. The minimum atomic E-state index is -4.62. The summed E-state index contributed by atoms with van der Waals surface area (Å²) >= 11 is 6.39. The number of rotatable bonds is 24. The number of halogens is 1. The van der Waals surface area contributed by atoms with Gasteiger partial charge in [-0.3, -0.25) is 49.2 Å². The van der Waals surface area contributed by atoms with Gasteiger partial charge in [-0.25, -0.2) is 18.1 Å². The molecule has 4 fully saturated rings.